The van der Waals surface area contributed by atoms with Gasteiger partial charge in [0, 0.05) is 17.3 Å². The van der Waals surface area contributed by atoms with E-state index in [0.29, 0.717) is 0 Å². The lowest BCUT2D eigenvalue weighted by atomic mass is 10.00. The molecule has 2 aromatic rings. The van der Waals surface area contributed by atoms with Gasteiger partial charge < -0.3 is 9.84 Å². The van der Waals surface area contributed by atoms with Gasteiger partial charge in [-0.05, 0) is 32.9 Å². The Morgan fingerprint density at radius 1 is 1.33 bits per heavy atom. The Kier molecular flexibility index (Phi) is 3.13. The highest BCUT2D eigenvalue weighted by Crippen LogP contribution is 2.25. The molecule has 1 heterocycles. The van der Waals surface area contributed by atoms with Crippen molar-refractivity contribution in [1.82, 2.24) is 9.78 Å². The van der Waals surface area contributed by atoms with E-state index >= 15 is 0 Å². The van der Waals surface area contributed by atoms with Crippen LogP contribution in [0.3, 0.4) is 0 Å². The molecule has 0 radical (unpaired) electrons. The van der Waals surface area contributed by atoms with Gasteiger partial charge in [0.2, 0.25) is 0 Å². The topological polar surface area (TPSA) is 47.3 Å². The Bertz CT molecular complexity index is 553. The normalized spacial score (nSPS) is 11.6. The highest BCUT2D eigenvalue weighted by molar-refractivity contribution is 5.41. The number of methoxy groups -OCH3 is 1. The molecule has 1 aromatic heterocycles. The number of hydrogen-bond donors (Lipinski definition) is 1. The van der Waals surface area contributed by atoms with Gasteiger partial charge in [0.15, 0.2) is 0 Å². The van der Waals surface area contributed by atoms with Crippen molar-refractivity contribution in [2.75, 3.05) is 7.11 Å². The predicted octanol–water partition coefficient (Wildman–Crippen LogP) is 2.42. The van der Waals surface area contributed by atoms with E-state index in [-0.39, 0.29) is 0 Å². The molecule has 0 aliphatic carbocycles. The number of aliphatic hydroxyl groups is 1. The molecule has 0 amide bonds. The fraction of sp³-hybridized carbons (Fsp3) is 0.357. The number of hydrogen-bond acceptors (Lipinski definition) is 3. The number of benzene rings is 1. The van der Waals surface area contributed by atoms with Gasteiger partial charge in [-0.3, -0.25) is 0 Å². The smallest absolute Gasteiger partial charge is 0.121 e. The quantitative estimate of drug-likeness (QED) is 0.904. The fourth-order valence-electron chi connectivity index (χ4n) is 2.01. The van der Waals surface area contributed by atoms with E-state index in [9.17, 15) is 5.11 Å². The summed E-state index contributed by atoms with van der Waals surface area (Å²) in [7, 11) is 1.64. The summed E-state index contributed by atoms with van der Waals surface area (Å²) in [4.78, 5) is 0. The highest BCUT2D eigenvalue weighted by Gasteiger charge is 2.22. The molecule has 0 saturated heterocycles. The van der Waals surface area contributed by atoms with Gasteiger partial charge in [-0.15, -0.1) is 0 Å². The summed E-state index contributed by atoms with van der Waals surface area (Å²) < 4.78 is 7.00. The summed E-state index contributed by atoms with van der Waals surface area (Å²) in [6.07, 6.45) is 1.70. The molecular formula is C14H18N2O2. The zero-order valence-electron chi connectivity index (χ0n) is 11.1. The maximum absolute atomic E-state index is 10.1. The summed E-state index contributed by atoms with van der Waals surface area (Å²) in [5.74, 6) is 0.784. The van der Waals surface area contributed by atoms with Crippen LogP contribution in [-0.2, 0) is 5.60 Å². The van der Waals surface area contributed by atoms with Crippen LogP contribution < -0.4 is 4.74 Å². The third-order valence-electron chi connectivity index (χ3n) is 2.97. The summed E-state index contributed by atoms with van der Waals surface area (Å²) >= 11 is 0. The third kappa shape index (κ3) is 2.24. The summed E-state index contributed by atoms with van der Waals surface area (Å²) in [5.41, 5.74) is 1.78. The van der Waals surface area contributed by atoms with Gasteiger partial charge >= 0.3 is 0 Å². The van der Waals surface area contributed by atoms with Gasteiger partial charge in [0.25, 0.3) is 0 Å². The average Bonchev–Trinajstić information content (AvgIpc) is 2.71. The van der Waals surface area contributed by atoms with Gasteiger partial charge in [-0.1, -0.05) is 6.07 Å². The van der Waals surface area contributed by atoms with Crippen LogP contribution in [0.15, 0.2) is 30.5 Å². The van der Waals surface area contributed by atoms with Crippen LogP contribution in [0.4, 0.5) is 0 Å². The molecule has 2 rings (SSSR count). The largest absolute Gasteiger partial charge is 0.497 e. The van der Waals surface area contributed by atoms with E-state index in [0.717, 1.165) is 22.7 Å². The molecule has 1 N–H and O–H groups in total. The number of ether oxygens (including phenoxy) is 1. The molecule has 0 aliphatic rings. The standard InChI is InChI=1S/C14H18N2O2/c1-10-13(14(2,3)17)9-15-16(10)11-6-5-7-12(8-11)18-4/h5-9,17H,1-4H3. The maximum Gasteiger partial charge on any atom is 0.121 e. The van der Waals surface area contributed by atoms with E-state index in [1.54, 1.807) is 31.8 Å². The van der Waals surface area contributed by atoms with Crippen molar-refractivity contribution in [2.24, 2.45) is 0 Å². The highest BCUT2D eigenvalue weighted by atomic mass is 16.5. The van der Waals surface area contributed by atoms with Gasteiger partial charge in [-0.2, -0.15) is 5.10 Å². The summed E-state index contributed by atoms with van der Waals surface area (Å²) in [6.45, 7) is 5.46. The lowest BCUT2D eigenvalue weighted by Crippen LogP contribution is -2.16. The molecule has 0 spiro atoms. The first-order chi connectivity index (χ1) is 8.43. The van der Waals surface area contributed by atoms with Crippen molar-refractivity contribution in [3.05, 3.63) is 41.7 Å². The average molecular weight is 246 g/mol. The van der Waals surface area contributed by atoms with Crippen LogP contribution in [0.25, 0.3) is 5.69 Å². The van der Waals surface area contributed by atoms with E-state index in [4.69, 9.17) is 4.74 Å². The maximum atomic E-state index is 10.1. The molecule has 0 fully saturated rings. The SMILES string of the molecule is COc1cccc(-n2ncc(C(C)(C)O)c2C)c1. The number of rotatable bonds is 3. The predicted molar refractivity (Wildman–Crippen MR) is 70.1 cm³/mol. The van der Waals surface area contributed by atoms with Crippen LogP contribution in [-0.4, -0.2) is 22.0 Å². The zero-order valence-corrected chi connectivity index (χ0v) is 11.1. The van der Waals surface area contributed by atoms with Crippen molar-refractivity contribution < 1.29 is 9.84 Å². The van der Waals surface area contributed by atoms with Gasteiger partial charge in [0.05, 0.1) is 24.6 Å². The molecule has 4 nitrogen and oxygen atoms in total. The van der Waals surface area contributed by atoms with Crippen molar-refractivity contribution >= 4 is 0 Å². The van der Waals surface area contributed by atoms with Crippen molar-refractivity contribution in [3.8, 4) is 11.4 Å². The molecular weight excluding hydrogens is 228 g/mol. The Balaban J connectivity index is 2.49. The number of nitrogens with zero attached hydrogens (tertiary/aromatic N) is 2. The molecule has 0 aliphatic heterocycles. The van der Waals surface area contributed by atoms with E-state index in [1.807, 2.05) is 31.2 Å². The molecule has 0 bridgehead atoms. The third-order valence-corrected chi connectivity index (χ3v) is 2.97. The number of aromatic nitrogens is 2. The minimum Gasteiger partial charge on any atom is -0.497 e. The first-order valence-corrected chi connectivity index (χ1v) is 5.85. The molecule has 0 saturated carbocycles. The van der Waals surface area contributed by atoms with E-state index in [2.05, 4.69) is 5.10 Å². The Morgan fingerprint density at radius 2 is 2.06 bits per heavy atom. The van der Waals surface area contributed by atoms with Crippen LogP contribution in [0, 0.1) is 6.92 Å². The van der Waals surface area contributed by atoms with Crippen LogP contribution in [0.1, 0.15) is 25.1 Å². The first kappa shape index (κ1) is 12.6. The monoisotopic (exact) mass is 246 g/mol. The summed E-state index contributed by atoms with van der Waals surface area (Å²) in [5, 5.41) is 14.4. The minimum atomic E-state index is -0.888. The van der Waals surface area contributed by atoms with Crippen LogP contribution in [0.2, 0.25) is 0 Å². The lowest BCUT2D eigenvalue weighted by molar-refractivity contribution is 0.0779. The molecule has 96 valence electrons. The zero-order chi connectivity index (χ0) is 13.3. The Labute approximate surface area is 107 Å². The van der Waals surface area contributed by atoms with Gasteiger partial charge in [0.1, 0.15) is 5.75 Å². The summed E-state index contributed by atoms with van der Waals surface area (Å²) in [6, 6.07) is 7.67. The molecule has 0 atom stereocenters. The fourth-order valence-corrected chi connectivity index (χ4v) is 2.01. The second-order valence-corrected chi connectivity index (χ2v) is 4.82. The van der Waals surface area contributed by atoms with Crippen LogP contribution >= 0.6 is 0 Å². The lowest BCUT2D eigenvalue weighted by Gasteiger charge is -2.16. The van der Waals surface area contributed by atoms with Crippen LogP contribution in [0.5, 0.6) is 5.75 Å². The van der Waals surface area contributed by atoms with Crippen molar-refractivity contribution in [1.29, 1.82) is 0 Å². The molecule has 0 unspecified atom stereocenters. The van der Waals surface area contributed by atoms with E-state index in [1.165, 1.54) is 0 Å². The van der Waals surface area contributed by atoms with E-state index < -0.39 is 5.60 Å². The molecule has 18 heavy (non-hydrogen) atoms. The Morgan fingerprint density at radius 3 is 2.61 bits per heavy atom. The molecule has 4 heteroatoms. The van der Waals surface area contributed by atoms with Gasteiger partial charge in [-0.25, -0.2) is 4.68 Å². The second-order valence-electron chi connectivity index (χ2n) is 4.82. The van der Waals surface area contributed by atoms with Crippen molar-refractivity contribution in [2.45, 2.75) is 26.4 Å². The van der Waals surface area contributed by atoms with Crippen molar-refractivity contribution in [3.63, 3.8) is 0 Å². The first-order valence-electron chi connectivity index (χ1n) is 5.85. The Hall–Kier alpha value is -1.81. The molecule has 1 aromatic carbocycles. The second kappa shape index (κ2) is 4.46. The minimum absolute atomic E-state index is 0.784.